The van der Waals surface area contributed by atoms with Crippen LogP contribution in [0.5, 0.6) is 11.5 Å². The van der Waals surface area contributed by atoms with Gasteiger partial charge in [-0.2, -0.15) is 0 Å². The standard InChI is InChI=1S/C32H34N2O3/c1-36-30-19-18-28(32(33)35)22-31(30)37-21-11-20-34(23-25-12-5-2-6-13-25)24-29(26-14-7-3-8-15-26)27-16-9-4-10-17-27/h2-10,12-19,22,29H,11,20-21,23-24H2,1H3,(H2,33,35). The molecule has 37 heavy (non-hydrogen) atoms. The second-order valence-corrected chi connectivity index (χ2v) is 9.03. The zero-order valence-electron chi connectivity index (χ0n) is 21.3. The third-order valence-electron chi connectivity index (χ3n) is 6.42. The molecule has 4 aromatic rings. The minimum absolute atomic E-state index is 0.249. The van der Waals surface area contributed by atoms with Gasteiger partial charge in [-0.05, 0) is 41.3 Å². The molecule has 0 aliphatic rings. The van der Waals surface area contributed by atoms with Gasteiger partial charge in [-0.15, -0.1) is 0 Å². The second kappa shape index (κ2) is 13.3. The molecule has 0 saturated heterocycles. The normalized spacial score (nSPS) is 11.0. The number of ether oxygens (including phenoxy) is 2. The Morgan fingerprint density at radius 2 is 1.41 bits per heavy atom. The van der Waals surface area contributed by atoms with E-state index < -0.39 is 5.91 Å². The van der Waals surface area contributed by atoms with Crippen molar-refractivity contribution < 1.29 is 14.3 Å². The number of carbonyl (C=O) groups excluding carboxylic acids is 1. The van der Waals surface area contributed by atoms with E-state index in [1.54, 1.807) is 25.3 Å². The van der Waals surface area contributed by atoms with Crippen molar-refractivity contribution >= 4 is 5.91 Å². The lowest BCUT2D eigenvalue weighted by Crippen LogP contribution is -2.30. The topological polar surface area (TPSA) is 64.8 Å². The summed E-state index contributed by atoms with van der Waals surface area (Å²) in [7, 11) is 1.58. The van der Waals surface area contributed by atoms with E-state index in [1.807, 2.05) is 6.07 Å². The average Bonchev–Trinajstić information content (AvgIpc) is 2.95. The van der Waals surface area contributed by atoms with Crippen LogP contribution in [0.3, 0.4) is 0 Å². The summed E-state index contributed by atoms with van der Waals surface area (Å²) >= 11 is 0. The number of rotatable bonds is 13. The first-order valence-corrected chi connectivity index (χ1v) is 12.6. The maximum atomic E-state index is 11.6. The van der Waals surface area contributed by atoms with Gasteiger partial charge in [0.2, 0.25) is 5.91 Å². The summed E-state index contributed by atoms with van der Waals surface area (Å²) in [6.45, 7) is 3.06. The third kappa shape index (κ3) is 7.45. The van der Waals surface area contributed by atoms with E-state index in [0.717, 1.165) is 26.1 Å². The SMILES string of the molecule is COc1ccc(C(N)=O)cc1OCCCN(Cc1ccccc1)CC(c1ccccc1)c1ccccc1. The highest BCUT2D eigenvalue weighted by atomic mass is 16.5. The molecule has 0 unspecified atom stereocenters. The highest BCUT2D eigenvalue weighted by Gasteiger charge is 2.19. The summed E-state index contributed by atoms with van der Waals surface area (Å²) in [4.78, 5) is 14.1. The van der Waals surface area contributed by atoms with Crippen LogP contribution in [0.1, 0.15) is 39.4 Å². The van der Waals surface area contributed by atoms with Crippen molar-refractivity contribution in [2.24, 2.45) is 5.73 Å². The quantitative estimate of drug-likeness (QED) is 0.235. The Kier molecular flexibility index (Phi) is 9.33. The van der Waals surface area contributed by atoms with Crippen LogP contribution in [0.15, 0.2) is 109 Å². The monoisotopic (exact) mass is 494 g/mol. The summed E-state index contributed by atoms with van der Waals surface area (Å²) in [5.41, 5.74) is 9.72. The largest absolute Gasteiger partial charge is 0.493 e. The van der Waals surface area contributed by atoms with Crippen LogP contribution in [-0.2, 0) is 6.54 Å². The maximum Gasteiger partial charge on any atom is 0.248 e. The Hall–Kier alpha value is -4.09. The van der Waals surface area contributed by atoms with E-state index in [1.165, 1.54) is 16.7 Å². The first kappa shape index (κ1) is 26.0. The van der Waals surface area contributed by atoms with Crippen LogP contribution in [0.25, 0.3) is 0 Å². The molecule has 0 atom stereocenters. The van der Waals surface area contributed by atoms with Crippen molar-refractivity contribution in [2.75, 3.05) is 26.8 Å². The molecule has 0 spiro atoms. The lowest BCUT2D eigenvalue weighted by molar-refractivity contribution is 0.0999. The number of amides is 1. The molecule has 2 N–H and O–H groups in total. The smallest absolute Gasteiger partial charge is 0.248 e. The van der Waals surface area contributed by atoms with Crippen molar-refractivity contribution in [1.29, 1.82) is 0 Å². The zero-order valence-corrected chi connectivity index (χ0v) is 21.3. The summed E-state index contributed by atoms with van der Waals surface area (Å²) in [5, 5.41) is 0. The molecule has 1 amide bonds. The number of nitrogens with two attached hydrogens (primary N) is 1. The van der Waals surface area contributed by atoms with Crippen LogP contribution in [-0.4, -0.2) is 37.6 Å². The van der Waals surface area contributed by atoms with Crippen LogP contribution >= 0.6 is 0 Å². The molecule has 0 heterocycles. The molecule has 0 bridgehead atoms. The van der Waals surface area contributed by atoms with Crippen LogP contribution in [0.2, 0.25) is 0 Å². The number of methoxy groups -OCH3 is 1. The molecule has 0 saturated carbocycles. The van der Waals surface area contributed by atoms with Crippen molar-refractivity contribution in [2.45, 2.75) is 18.9 Å². The number of hydrogen-bond acceptors (Lipinski definition) is 4. The van der Waals surface area contributed by atoms with Crippen molar-refractivity contribution in [3.05, 3.63) is 131 Å². The fourth-order valence-electron chi connectivity index (χ4n) is 4.52. The Balaban J connectivity index is 1.48. The Morgan fingerprint density at radius 3 is 1.97 bits per heavy atom. The lowest BCUT2D eigenvalue weighted by atomic mass is 9.90. The van der Waals surface area contributed by atoms with E-state index >= 15 is 0 Å². The van der Waals surface area contributed by atoms with Gasteiger partial charge in [0, 0.05) is 31.1 Å². The number of carbonyl (C=O) groups is 1. The van der Waals surface area contributed by atoms with Crippen LogP contribution in [0.4, 0.5) is 0 Å². The molecule has 4 aromatic carbocycles. The summed E-state index contributed by atoms with van der Waals surface area (Å²) < 4.78 is 11.4. The number of benzene rings is 4. The van der Waals surface area contributed by atoms with Crippen molar-refractivity contribution in [3.63, 3.8) is 0 Å². The fraction of sp³-hybridized carbons (Fsp3) is 0.219. The third-order valence-corrected chi connectivity index (χ3v) is 6.42. The molecule has 5 nitrogen and oxygen atoms in total. The minimum atomic E-state index is -0.491. The maximum absolute atomic E-state index is 11.6. The van der Waals surface area contributed by atoms with Crippen LogP contribution in [0, 0.1) is 0 Å². The number of primary amides is 1. The predicted octanol–water partition coefficient (Wildman–Crippen LogP) is 5.90. The molecular formula is C32H34N2O3. The fourth-order valence-corrected chi connectivity index (χ4v) is 4.52. The summed E-state index contributed by atoms with van der Waals surface area (Å²) in [6, 6.07) is 36.9. The zero-order chi connectivity index (χ0) is 25.9. The first-order valence-electron chi connectivity index (χ1n) is 12.6. The van der Waals surface area contributed by atoms with Gasteiger partial charge in [0.05, 0.1) is 13.7 Å². The van der Waals surface area contributed by atoms with E-state index in [-0.39, 0.29) is 5.92 Å². The average molecular weight is 495 g/mol. The molecule has 190 valence electrons. The van der Waals surface area contributed by atoms with Gasteiger partial charge in [0.15, 0.2) is 11.5 Å². The lowest BCUT2D eigenvalue weighted by Gasteiger charge is -2.28. The number of nitrogens with zero attached hydrogens (tertiary/aromatic N) is 1. The van der Waals surface area contributed by atoms with Gasteiger partial charge in [0.1, 0.15) is 0 Å². The number of hydrogen-bond donors (Lipinski definition) is 1. The van der Waals surface area contributed by atoms with E-state index in [0.29, 0.717) is 23.7 Å². The van der Waals surface area contributed by atoms with Crippen LogP contribution < -0.4 is 15.2 Å². The molecule has 0 radical (unpaired) electrons. The van der Waals surface area contributed by atoms with Gasteiger partial charge in [-0.3, -0.25) is 9.69 Å². The molecular weight excluding hydrogens is 460 g/mol. The molecule has 5 heteroatoms. The van der Waals surface area contributed by atoms with Crippen molar-refractivity contribution in [1.82, 2.24) is 4.90 Å². The summed E-state index contributed by atoms with van der Waals surface area (Å²) in [6.07, 6.45) is 0.813. The Bertz CT molecular complexity index is 1210. The molecule has 0 aromatic heterocycles. The highest BCUT2D eigenvalue weighted by Crippen LogP contribution is 2.29. The highest BCUT2D eigenvalue weighted by molar-refractivity contribution is 5.93. The van der Waals surface area contributed by atoms with Gasteiger partial charge in [0.25, 0.3) is 0 Å². The van der Waals surface area contributed by atoms with E-state index in [2.05, 4.69) is 89.8 Å². The first-order chi connectivity index (χ1) is 18.1. The molecule has 0 aliphatic heterocycles. The van der Waals surface area contributed by atoms with Gasteiger partial charge in [-0.25, -0.2) is 0 Å². The van der Waals surface area contributed by atoms with Gasteiger partial charge >= 0.3 is 0 Å². The Morgan fingerprint density at radius 1 is 0.811 bits per heavy atom. The molecule has 4 rings (SSSR count). The van der Waals surface area contributed by atoms with Gasteiger partial charge in [-0.1, -0.05) is 91.0 Å². The van der Waals surface area contributed by atoms with Gasteiger partial charge < -0.3 is 15.2 Å². The second-order valence-electron chi connectivity index (χ2n) is 9.03. The Labute approximate surface area is 219 Å². The molecule has 0 fully saturated rings. The van der Waals surface area contributed by atoms with E-state index in [4.69, 9.17) is 15.2 Å². The summed E-state index contributed by atoms with van der Waals surface area (Å²) in [5.74, 6) is 0.869. The minimum Gasteiger partial charge on any atom is -0.493 e. The van der Waals surface area contributed by atoms with Crippen molar-refractivity contribution in [3.8, 4) is 11.5 Å². The predicted molar refractivity (Wildman–Crippen MR) is 148 cm³/mol. The van der Waals surface area contributed by atoms with E-state index in [9.17, 15) is 4.79 Å². The molecule has 0 aliphatic carbocycles.